The van der Waals surface area contributed by atoms with E-state index in [1.54, 1.807) is 38.1 Å². The molecule has 2 saturated carbocycles. The van der Waals surface area contributed by atoms with Gasteiger partial charge in [0.15, 0.2) is 11.5 Å². The second kappa shape index (κ2) is 9.63. The minimum absolute atomic E-state index is 0.0549. The molecular formula is C31H25ClF3N3O2. The van der Waals surface area contributed by atoms with Crippen molar-refractivity contribution >= 4 is 23.2 Å². The highest BCUT2D eigenvalue weighted by atomic mass is 35.5. The average molecular weight is 564 g/mol. The van der Waals surface area contributed by atoms with Crippen molar-refractivity contribution in [1.29, 1.82) is 0 Å². The third-order valence-corrected chi connectivity index (χ3v) is 8.16. The van der Waals surface area contributed by atoms with Crippen molar-refractivity contribution in [2.24, 2.45) is 0 Å². The molecule has 0 bridgehead atoms. The van der Waals surface area contributed by atoms with Gasteiger partial charge >= 0.3 is 0 Å². The van der Waals surface area contributed by atoms with Crippen molar-refractivity contribution in [3.05, 3.63) is 110 Å². The van der Waals surface area contributed by atoms with Crippen LogP contribution >= 0.6 is 11.6 Å². The van der Waals surface area contributed by atoms with Crippen LogP contribution in [0.3, 0.4) is 0 Å². The van der Waals surface area contributed by atoms with Crippen LogP contribution in [0, 0.1) is 25.5 Å². The normalized spacial score (nSPS) is 18.9. The maximum Gasteiger partial charge on any atom is 0.274 e. The highest BCUT2D eigenvalue weighted by molar-refractivity contribution is 6.31. The lowest BCUT2D eigenvalue weighted by Gasteiger charge is -2.17. The predicted octanol–water partition coefficient (Wildman–Crippen LogP) is 7.16. The zero-order valence-electron chi connectivity index (χ0n) is 21.8. The van der Waals surface area contributed by atoms with Gasteiger partial charge in [-0.2, -0.15) is 0 Å². The second-order valence-corrected chi connectivity index (χ2v) is 11.0. The number of aromatic nitrogens is 2. The molecule has 204 valence electrons. The fourth-order valence-electron chi connectivity index (χ4n) is 5.22. The summed E-state index contributed by atoms with van der Waals surface area (Å²) in [5.41, 5.74) is 1.40. The zero-order valence-corrected chi connectivity index (χ0v) is 22.5. The van der Waals surface area contributed by atoms with Crippen molar-refractivity contribution in [2.75, 3.05) is 5.32 Å². The van der Waals surface area contributed by atoms with Gasteiger partial charge in [-0.15, -0.1) is 0 Å². The molecule has 2 aromatic heterocycles. The molecule has 0 unspecified atom stereocenters. The molecule has 5 nitrogen and oxygen atoms in total. The Morgan fingerprint density at radius 1 is 1.07 bits per heavy atom. The highest BCUT2D eigenvalue weighted by Gasteiger charge is 2.51. The molecule has 40 heavy (non-hydrogen) atoms. The smallest absolute Gasteiger partial charge is 0.274 e. The molecule has 0 saturated heterocycles. The molecule has 2 atom stereocenters. The number of carbonyl (C=O) groups is 1. The monoisotopic (exact) mass is 563 g/mol. The third kappa shape index (κ3) is 4.60. The summed E-state index contributed by atoms with van der Waals surface area (Å²) in [4.78, 5) is 30.1. The van der Waals surface area contributed by atoms with Crippen LogP contribution in [-0.4, -0.2) is 21.1 Å². The highest BCUT2D eigenvalue weighted by Crippen LogP contribution is 2.55. The quantitative estimate of drug-likeness (QED) is 0.271. The zero-order chi connectivity index (χ0) is 28.3. The van der Waals surface area contributed by atoms with E-state index in [2.05, 4.69) is 10.3 Å². The number of rotatable bonds is 6. The Labute approximate surface area is 233 Å². The molecule has 2 fully saturated rings. The molecule has 9 heteroatoms. The van der Waals surface area contributed by atoms with Crippen LogP contribution in [0.15, 0.2) is 65.6 Å². The minimum Gasteiger partial charge on any atom is -0.321 e. The Morgan fingerprint density at radius 2 is 1.80 bits per heavy atom. The first-order valence-electron chi connectivity index (χ1n) is 13.0. The first kappa shape index (κ1) is 26.3. The van der Waals surface area contributed by atoms with Gasteiger partial charge in [0, 0.05) is 17.5 Å². The number of hydrogen-bond donors (Lipinski definition) is 1. The summed E-state index contributed by atoms with van der Waals surface area (Å²) >= 11 is 6.64. The molecule has 4 aromatic rings. The molecule has 2 aliphatic carbocycles. The topological polar surface area (TPSA) is 64.0 Å². The third-order valence-electron chi connectivity index (χ3n) is 7.78. The maximum atomic E-state index is 15.4. The summed E-state index contributed by atoms with van der Waals surface area (Å²) in [5.74, 6) is -1.70. The fourth-order valence-corrected chi connectivity index (χ4v) is 5.50. The fraction of sp³-hybridized carbons (Fsp3) is 0.258. The summed E-state index contributed by atoms with van der Waals surface area (Å²) in [6.45, 7) is 3.59. The van der Waals surface area contributed by atoms with E-state index in [0.29, 0.717) is 16.9 Å². The molecule has 2 heterocycles. The molecule has 0 spiro atoms. The van der Waals surface area contributed by atoms with E-state index in [1.807, 2.05) is 6.07 Å². The van der Waals surface area contributed by atoms with Crippen LogP contribution < -0.4 is 10.9 Å². The van der Waals surface area contributed by atoms with Crippen LogP contribution in [0.4, 0.5) is 18.9 Å². The van der Waals surface area contributed by atoms with Gasteiger partial charge in [0.25, 0.3) is 11.5 Å². The molecule has 2 aliphatic rings. The van der Waals surface area contributed by atoms with Gasteiger partial charge in [-0.3, -0.25) is 19.1 Å². The molecule has 2 aromatic carbocycles. The van der Waals surface area contributed by atoms with Crippen LogP contribution in [0.25, 0.3) is 16.9 Å². The SMILES string of the molecule is Cc1cnc(-c2cccc(NC(=O)C3(F)CC3)c2F)cc1-n1c(C)cc([C@H]2C[C@@H]2c2ccc(F)cc2)c(Cl)c1=O. The minimum atomic E-state index is -1.94. The number of benzene rings is 2. The maximum absolute atomic E-state index is 15.4. The summed E-state index contributed by atoms with van der Waals surface area (Å²) in [5, 5.41) is 2.44. The van der Waals surface area contributed by atoms with Gasteiger partial charge in [0.05, 0.1) is 17.1 Å². The lowest BCUT2D eigenvalue weighted by molar-refractivity contribution is -0.122. The standard InChI is InChI=1S/C31H25ClF3N3O2/c1-16-15-36-25(20-4-3-5-24(28(20)34)37-30(40)31(35)10-11-31)14-26(16)38-17(2)12-23(27(32)29(38)39)22-13-21(22)18-6-8-19(33)9-7-18/h3-9,12,14-15,21-22H,10-11,13H2,1-2H3,(H,37,40)/t21-,22+/m1/s1. The largest absolute Gasteiger partial charge is 0.321 e. The van der Waals surface area contributed by atoms with Crippen LogP contribution in [-0.2, 0) is 4.79 Å². The predicted molar refractivity (Wildman–Crippen MR) is 148 cm³/mol. The van der Waals surface area contributed by atoms with E-state index in [4.69, 9.17) is 11.6 Å². The Morgan fingerprint density at radius 3 is 2.50 bits per heavy atom. The van der Waals surface area contributed by atoms with E-state index in [9.17, 15) is 18.4 Å². The molecule has 6 rings (SSSR count). The van der Waals surface area contributed by atoms with E-state index in [0.717, 1.165) is 17.5 Å². The van der Waals surface area contributed by atoms with Crippen molar-refractivity contribution in [3.8, 4) is 16.9 Å². The number of pyridine rings is 2. The summed E-state index contributed by atoms with van der Waals surface area (Å²) in [7, 11) is 0. The number of hydrogen-bond acceptors (Lipinski definition) is 3. The summed E-state index contributed by atoms with van der Waals surface area (Å²) in [6, 6.07) is 14.3. The van der Waals surface area contributed by atoms with Gasteiger partial charge in [0.2, 0.25) is 0 Å². The number of nitrogens with one attached hydrogen (secondary N) is 1. The Hall–Kier alpha value is -3.91. The lowest BCUT2D eigenvalue weighted by atomic mass is 10.0. The molecule has 0 aliphatic heterocycles. The van der Waals surface area contributed by atoms with Gasteiger partial charge in [-0.1, -0.05) is 29.8 Å². The van der Waals surface area contributed by atoms with Crippen molar-refractivity contribution in [2.45, 2.75) is 50.6 Å². The number of carbonyl (C=O) groups excluding carboxylic acids is 1. The molecular weight excluding hydrogens is 539 g/mol. The lowest BCUT2D eigenvalue weighted by Crippen LogP contribution is -2.26. The Balaban J connectivity index is 1.34. The average Bonchev–Trinajstić information content (AvgIpc) is 3.86. The number of alkyl halides is 1. The number of amides is 1. The summed E-state index contributed by atoms with van der Waals surface area (Å²) in [6.07, 6.45) is 2.58. The van der Waals surface area contributed by atoms with Gasteiger partial charge < -0.3 is 5.32 Å². The van der Waals surface area contributed by atoms with Crippen LogP contribution in [0.5, 0.6) is 0 Å². The Kier molecular flexibility index (Phi) is 6.33. The van der Waals surface area contributed by atoms with Crippen molar-refractivity contribution in [3.63, 3.8) is 0 Å². The number of halogens is 4. The van der Waals surface area contributed by atoms with E-state index < -0.39 is 23.0 Å². The Bertz CT molecular complexity index is 1730. The molecule has 1 amide bonds. The number of nitrogens with zero attached hydrogens (tertiary/aromatic N) is 2. The van der Waals surface area contributed by atoms with E-state index in [-0.39, 0.29) is 52.5 Å². The second-order valence-electron chi connectivity index (χ2n) is 10.6. The first-order valence-corrected chi connectivity index (χ1v) is 13.4. The van der Waals surface area contributed by atoms with E-state index in [1.165, 1.54) is 35.0 Å². The molecule has 0 radical (unpaired) electrons. The van der Waals surface area contributed by atoms with Crippen LogP contribution in [0.2, 0.25) is 5.02 Å². The number of aryl methyl sites for hydroxylation is 2. The molecule has 1 N–H and O–H groups in total. The van der Waals surface area contributed by atoms with Crippen LogP contribution in [0.1, 0.15) is 53.5 Å². The first-order chi connectivity index (χ1) is 19.1. The van der Waals surface area contributed by atoms with E-state index >= 15 is 4.39 Å². The van der Waals surface area contributed by atoms with Gasteiger partial charge in [-0.05, 0) is 98.0 Å². The van der Waals surface area contributed by atoms with Gasteiger partial charge in [-0.25, -0.2) is 13.2 Å². The number of anilines is 1. The van der Waals surface area contributed by atoms with Crippen molar-refractivity contribution in [1.82, 2.24) is 9.55 Å². The van der Waals surface area contributed by atoms with Crippen molar-refractivity contribution < 1.29 is 18.0 Å². The van der Waals surface area contributed by atoms with Gasteiger partial charge in [0.1, 0.15) is 10.8 Å². The summed E-state index contributed by atoms with van der Waals surface area (Å²) < 4.78 is 44.4.